The zero-order valence-electron chi connectivity index (χ0n) is 14.7. The molecule has 0 amide bonds. The predicted molar refractivity (Wildman–Crippen MR) is 96.1 cm³/mol. The van der Waals surface area contributed by atoms with E-state index in [-0.39, 0.29) is 5.56 Å². The Morgan fingerprint density at radius 2 is 1.77 bits per heavy atom. The minimum atomic E-state index is -0.285. The average molecular weight is 361 g/mol. The summed E-state index contributed by atoms with van der Waals surface area (Å²) in [7, 11) is 0. The standard InChI is InChI=1S/C18H23N3O5/c22-17-15-2-1-14(25-12-5-20-3-8-23-9-4-20)13-16(15)26-18(19-17)21-6-10-24-11-7-21/h1-2,13H,3-12H2. The van der Waals surface area contributed by atoms with Gasteiger partial charge in [0.1, 0.15) is 17.9 Å². The van der Waals surface area contributed by atoms with Crippen molar-refractivity contribution < 1.29 is 18.6 Å². The van der Waals surface area contributed by atoms with Gasteiger partial charge in [0.05, 0.1) is 31.8 Å². The molecule has 2 aromatic rings. The van der Waals surface area contributed by atoms with Crippen LogP contribution >= 0.6 is 0 Å². The van der Waals surface area contributed by atoms with Crippen molar-refractivity contribution in [3.05, 3.63) is 28.6 Å². The fraction of sp³-hybridized carbons (Fsp3) is 0.556. The molecule has 4 rings (SSSR count). The van der Waals surface area contributed by atoms with Crippen LogP contribution in [0, 0.1) is 0 Å². The first-order valence-electron chi connectivity index (χ1n) is 9.00. The highest BCUT2D eigenvalue weighted by atomic mass is 16.5. The topological polar surface area (TPSA) is 77.3 Å². The SMILES string of the molecule is O=c1nc(N2CCOCC2)oc2cc(OCCN3CCOCC3)ccc12. The number of ether oxygens (including phenoxy) is 3. The van der Waals surface area contributed by atoms with Crippen LogP contribution in [0.15, 0.2) is 27.4 Å². The van der Waals surface area contributed by atoms with Gasteiger partial charge in [-0.3, -0.25) is 9.69 Å². The van der Waals surface area contributed by atoms with Crippen molar-refractivity contribution in [2.45, 2.75) is 0 Å². The molecule has 0 spiro atoms. The first-order valence-corrected chi connectivity index (χ1v) is 9.00. The molecule has 2 aliphatic rings. The molecule has 0 radical (unpaired) electrons. The Morgan fingerprint density at radius 1 is 1.04 bits per heavy atom. The van der Waals surface area contributed by atoms with Crippen LogP contribution < -0.4 is 15.2 Å². The van der Waals surface area contributed by atoms with Gasteiger partial charge in [-0.1, -0.05) is 0 Å². The Labute approximate surface area is 151 Å². The average Bonchev–Trinajstić information content (AvgIpc) is 2.69. The number of fused-ring (bicyclic) bond motifs is 1. The Morgan fingerprint density at radius 3 is 2.54 bits per heavy atom. The molecule has 1 aromatic carbocycles. The zero-order valence-corrected chi connectivity index (χ0v) is 14.7. The lowest BCUT2D eigenvalue weighted by Gasteiger charge is -2.26. The van der Waals surface area contributed by atoms with Crippen molar-refractivity contribution in [2.24, 2.45) is 0 Å². The van der Waals surface area contributed by atoms with Crippen LogP contribution in [0.2, 0.25) is 0 Å². The number of aromatic nitrogens is 1. The second-order valence-corrected chi connectivity index (χ2v) is 6.36. The Kier molecular flexibility index (Phi) is 5.33. The van der Waals surface area contributed by atoms with Gasteiger partial charge in [0.2, 0.25) is 0 Å². The van der Waals surface area contributed by atoms with Gasteiger partial charge in [0.15, 0.2) is 0 Å². The number of rotatable bonds is 5. The second-order valence-electron chi connectivity index (χ2n) is 6.36. The first kappa shape index (κ1) is 17.3. The smallest absolute Gasteiger partial charge is 0.301 e. The maximum Gasteiger partial charge on any atom is 0.301 e. The fourth-order valence-corrected chi connectivity index (χ4v) is 3.13. The molecule has 0 N–H and O–H groups in total. The van der Waals surface area contributed by atoms with Gasteiger partial charge < -0.3 is 23.5 Å². The van der Waals surface area contributed by atoms with Gasteiger partial charge in [-0.05, 0) is 12.1 Å². The molecule has 0 saturated carbocycles. The molecule has 8 nitrogen and oxygen atoms in total. The highest BCUT2D eigenvalue weighted by molar-refractivity contribution is 5.77. The molecule has 0 atom stereocenters. The third kappa shape index (κ3) is 3.98. The van der Waals surface area contributed by atoms with Crippen LogP contribution in [0.5, 0.6) is 5.75 Å². The number of morpholine rings is 2. The third-order valence-corrected chi connectivity index (χ3v) is 4.64. The lowest BCUT2D eigenvalue weighted by atomic mass is 10.2. The quantitative estimate of drug-likeness (QED) is 0.772. The van der Waals surface area contributed by atoms with E-state index >= 15 is 0 Å². The molecule has 2 fully saturated rings. The minimum Gasteiger partial charge on any atom is -0.492 e. The molecule has 0 aliphatic carbocycles. The highest BCUT2D eigenvalue weighted by Gasteiger charge is 2.17. The first-order chi connectivity index (χ1) is 12.8. The minimum absolute atomic E-state index is 0.285. The summed E-state index contributed by atoms with van der Waals surface area (Å²) in [5.74, 6) is 0.688. The molecule has 2 aliphatic heterocycles. The molecule has 3 heterocycles. The molecule has 2 saturated heterocycles. The summed E-state index contributed by atoms with van der Waals surface area (Å²) < 4.78 is 22.4. The van der Waals surface area contributed by atoms with E-state index in [0.717, 1.165) is 32.8 Å². The van der Waals surface area contributed by atoms with E-state index in [0.29, 0.717) is 55.6 Å². The number of hydrogen-bond donors (Lipinski definition) is 0. The molecule has 140 valence electrons. The van der Waals surface area contributed by atoms with E-state index in [2.05, 4.69) is 9.88 Å². The fourth-order valence-electron chi connectivity index (χ4n) is 3.13. The van der Waals surface area contributed by atoms with E-state index < -0.39 is 0 Å². The normalized spacial score (nSPS) is 19.0. The van der Waals surface area contributed by atoms with Crippen molar-refractivity contribution in [3.63, 3.8) is 0 Å². The molecule has 1 aromatic heterocycles. The number of benzene rings is 1. The maximum absolute atomic E-state index is 12.3. The zero-order chi connectivity index (χ0) is 17.8. The van der Waals surface area contributed by atoms with Gasteiger partial charge in [-0.15, -0.1) is 0 Å². The maximum atomic E-state index is 12.3. The van der Waals surface area contributed by atoms with Gasteiger partial charge in [0.25, 0.3) is 5.56 Å². The lowest BCUT2D eigenvalue weighted by Crippen LogP contribution is -2.38. The van der Waals surface area contributed by atoms with E-state index in [1.54, 1.807) is 18.2 Å². The van der Waals surface area contributed by atoms with Crippen LogP contribution in [0.1, 0.15) is 0 Å². The molecule has 8 heteroatoms. The largest absolute Gasteiger partial charge is 0.492 e. The number of hydrogen-bond acceptors (Lipinski definition) is 8. The second kappa shape index (κ2) is 8.03. The molecular formula is C18H23N3O5. The lowest BCUT2D eigenvalue weighted by molar-refractivity contribution is 0.0322. The van der Waals surface area contributed by atoms with Gasteiger partial charge in [-0.2, -0.15) is 4.98 Å². The summed E-state index contributed by atoms with van der Waals surface area (Å²) in [6.45, 7) is 7.39. The van der Waals surface area contributed by atoms with Gasteiger partial charge in [-0.25, -0.2) is 0 Å². The van der Waals surface area contributed by atoms with Gasteiger partial charge in [0, 0.05) is 38.8 Å². The predicted octanol–water partition coefficient (Wildman–Crippen LogP) is 0.736. The van der Waals surface area contributed by atoms with Crippen LogP contribution in [-0.2, 0) is 9.47 Å². The molecule has 26 heavy (non-hydrogen) atoms. The molecular weight excluding hydrogens is 338 g/mol. The Balaban J connectivity index is 1.47. The summed E-state index contributed by atoms with van der Waals surface area (Å²) in [5, 5.41) is 0.461. The van der Waals surface area contributed by atoms with Crippen molar-refractivity contribution >= 4 is 17.0 Å². The summed E-state index contributed by atoms with van der Waals surface area (Å²) in [6, 6.07) is 5.61. The van der Waals surface area contributed by atoms with Crippen LogP contribution in [0.25, 0.3) is 11.0 Å². The van der Waals surface area contributed by atoms with E-state index in [9.17, 15) is 4.79 Å². The molecule has 0 bridgehead atoms. The summed E-state index contributed by atoms with van der Waals surface area (Å²) in [6.07, 6.45) is 0. The number of nitrogens with zero attached hydrogens (tertiary/aromatic N) is 3. The van der Waals surface area contributed by atoms with Crippen molar-refractivity contribution in [1.29, 1.82) is 0 Å². The summed E-state index contributed by atoms with van der Waals surface area (Å²) in [5.41, 5.74) is 0.211. The van der Waals surface area contributed by atoms with E-state index in [4.69, 9.17) is 18.6 Å². The monoisotopic (exact) mass is 361 g/mol. The van der Waals surface area contributed by atoms with Gasteiger partial charge >= 0.3 is 6.01 Å². The van der Waals surface area contributed by atoms with E-state index in [1.807, 2.05) is 4.90 Å². The summed E-state index contributed by atoms with van der Waals surface area (Å²) in [4.78, 5) is 20.6. The third-order valence-electron chi connectivity index (χ3n) is 4.64. The Bertz CT molecular complexity index is 797. The van der Waals surface area contributed by atoms with Crippen LogP contribution in [0.3, 0.4) is 0 Å². The Hall–Kier alpha value is -2.16. The number of anilines is 1. The van der Waals surface area contributed by atoms with Crippen LogP contribution in [0.4, 0.5) is 6.01 Å². The van der Waals surface area contributed by atoms with E-state index in [1.165, 1.54) is 0 Å². The van der Waals surface area contributed by atoms with Crippen molar-refractivity contribution in [2.75, 3.05) is 70.7 Å². The summed E-state index contributed by atoms with van der Waals surface area (Å²) >= 11 is 0. The van der Waals surface area contributed by atoms with Crippen molar-refractivity contribution in [1.82, 2.24) is 9.88 Å². The van der Waals surface area contributed by atoms with Crippen LogP contribution in [-0.4, -0.2) is 75.6 Å². The molecule has 0 unspecified atom stereocenters. The van der Waals surface area contributed by atoms with Crippen molar-refractivity contribution in [3.8, 4) is 5.75 Å². The highest BCUT2D eigenvalue weighted by Crippen LogP contribution is 2.22.